The molecule has 0 saturated heterocycles. The molecule has 48 heavy (non-hydrogen) atoms. The fraction of sp³-hybridized carbons (Fsp3) is 0.333. The molecule has 0 aromatic heterocycles. The Hall–Kier alpha value is -5.86. The molecule has 15 heteroatoms. The molecule has 15 nitrogen and oxygen atoms in total. The maximum absolute atomic E-state index is 10.1. The molecular weight excluding hydrogens is 626 g/mol. The van der Waals surface area contributed by atoms with Crippen molar-refractivity contribution in [2.24, 2.45) is 0 Å². The summed E-state index contributed by atoms with van der Waals surface area (Å²) in [4.78, 5) is 47.1. The Bertz CT molecular complexity index is 1440. The van der Waals surface area contributed by atoms with Crippen molar-refractivity contribution in [3.05, 3.63) is 170 Å². The molecule has 2 aromatic rings. The number of allylic oxidation sites excluding steroid dienone is 4. The zero-order valence-electron chi connectivity index (χ0n) is 27.8. The van der Waals surface area contributed by atoms with E-state index in [4.69, 9.17) is 0 Å². The van der Waals surface area contributed by atoms with Crippen LogP contribution in [-0.2, 0) is 0 Å². The van der Waals surface area contributed by atoms with Gasteiger partial charge >= 0.3 is 0 Å². The number of hydrogen-bond acceptors (Lipinski definition) is 10. The van der Waals surface area contributed by atoms with Crippen LogP contribution in [0.25, 0.3) is 11.6 Å². The normalized spacial score (nSPS) is 12.1. The SMILES string of the molecule is C/C(=C\[N+](=O)[O-])c1ccccc1.CC(C)=C[N+](=O)[O-].CC/C(C)=C/[N+](=O)[O-].O=[N+]([O-])/C=C/c1ccccc1.O=[N+]([O-])C=C1CCCCC1. The minimum absolute atomic E-state index is 0.347. The van der Waals surface area contributed by atoms with Gasteiger partial charge in [0.05, 0.1) is 24.6 Å². The molecule has 0 radical (unpaired) electrons. The van der Waals surface area contributed by atoms with Gasteiger partial charge in [-0.05, 0) is 87.6 Å². The van der Waals surface area contributed by atoms with Crippen molar-refractivity contribution in [2.75, 3.05) is 0 Å². The highest BCUT2D eigenvalue weighted by atomic mass is 16.6. The Kier molecular flexibility index (Phi) is 25.3. The van der Waals surface area contributed by atoms with Crippen molar-refractivity contribution in [3.63, 3.8) is 0 Å². The fourth-order valence-electron chi connectivity index (χ4n) is 3.41. The van der Waals surface area contributed by atoms with Gasteiger partial charge < -0.3 is 0 Å². The lowest BCUT2D eigenvalue weighted by atomic mass is 9.96. The number of rotatable bonds is 8. The van der Waals surface area contributed by atoms with Gasteiger partial charge in [-0.3, -0.25) is 50.6 Å². The maximum atomic E-state index is 10.1. The summed E-state index contributed by atoms with van der Waals surface area (Å²) in [7, 11) is 0. The average molecular weight is 670 g/mol. The van der Waals surface area contributed by atoms with Gasteiger partial charge in [0, 0.05) is 11.6 Å². The highest BCUT2D eigenvalue weighted by Crippen LogP contribution is 2.22. The molecule has 3 rings (SSSR count). The molecule has 0 spiro atoms. The Labute approximate surface area is 279 Å². The lowest BCUT2D eigenvalue weighted by Gasteiger charge is -2.09. The molecule has 1 aliphatic rings. The van der Waals surface area contributed by atoms with E-state index in [1.165, 1.54) is 18.7 Å². The summed E-state index contributed by atoms with van der Waals surface area (Å²) in [5, 5.41) is 49.2. The summed E-state index contributed by atoms with van der Waals surface area (Å²) in [6.07, 6.45) is 12.7. The van der Waals surface area contributed by atoms with Crippen LogP contribution in [0.4, 0.5) is 0 Å². The van der Waals surface area contributed by atoms with Gasteiger partial charge in [-0.15, -0.1) is 0 Å². The Balaban J connectivity index is 0. The summed E-state index contributed by atoms with van der Waals surface area (Å²) in [5.74, 6) is 0. The number of nitrogens with zero attached hydrogens (tertiary/aromatic N) is 5. The second-order valence-electron chi connectivity index (χ2n) is 10.2. The Morgan fingerprint density at radius 2 is 1.10 bits per heavy atom. The van der Waals surface area contributed by atoms with Crippen LogP contribution in [0.3, 0.4) is 0 Å². The van der Waals surface area contributed by atoms with Crippen molar-refractivity contribution < 1.29 is 24.6 Å². The standard InChI is InChI=1S/C9H9NO2.C8H7NO2.C7H11NO2.C5H9NO2.C4H7NO2/c1-8(7-10(11)12)9-5-3-2-4-6-9;10-9(11)7-6-8-4-2-1-3-5-8;9-8(10)6-7-4-2-1-3-5-7;1-3-5(2)4-6(7)8;1-4(2)3-5(6)7/h2-7H,1H3;1-7H;6H,1-5H2;4H,3H2,1-2H3;3H,1-2H3/b8-7+;7-6+;;5-4+;. The van der Waals surface area contributed by atoms with Crippen molar-refractivity contribution in [1.82, 2.24) is 0 Å². The van der Waals surface area contributed by atoms with Crippen molar-refractivity contribution in [3.8, 4) is 0 Å². The molecule has 0 aliphatic heterocycles. The predicted molar refractivity (Wildman–Crippen MR) is 185 cm³/mol. The van der Waals surface area contributed by atoms with E-state index >= 15 is 0 Å². The van der Waals surface area contributed by atoms with Crippen LogP contribution in [0.15, 0.2) is 108 Å². The largest absolute Gasteiger partial charge is 0.259 e. The number of benzene rings is 2. The summed E-state index contributed by atoms with van der Waals surface area (Å²) >= 11 is 0. The van der Waals surface area contributed by atoms with Gasteiger partial charge in [-0.1, -0.05) is 74.0 Å². The van der Waals surface area contributed by atoms with E-state index in [0.717, 1.165) is 79.2 Å². The molecule has 0 N–H and O–H groups in total. The molecule has 0 bridgehead atoms. The van der Waals surface area contributed by atoms with Crippen molar-refractivity contribution in [2.45, 2.75) is 73.1 Å². The first-order valence-corrected chi connectivity index (χ1v) is 14.7. The first-order chi connectivity index (χ1) is 22.6. The van der Waals surface area contributed by atoms with Gasteiger partial charge in [0.2, 0.25) is 31.0 Å². The molecule has 0 heterocycles. The molecule has 0 atom stereocenters. The van der Waals surface area contributed by atoms with Gasteiger partial charge in [0.25, 0.3) is 0 Å². The molecule has 1 aliphatic carbocycles. The maximum Gasteiger partial charge on any atom is 0.237 e. The van der Waals surface area contributed by atoms with Gasteiger partial charge in [-0.25, -0.2) is 0 Å². The van der Waals surface area contributed by atoms with Crippen LogP contribution in [0.5, 0.6) is 0 Å². The van der Waals surface area contributed by atoms with Gasteiger partial charge in [0.1, 0.15) is 0 Å². The summed E-state index contributed by atoms with van der Waals surface area (Å²) in [6.45, 7) is 8.71. The quantitative estimate of drug-likeness (QED) is 0.192. The molecule has 0 amide bonds. The zero-order valence-corrected chi connectivity index (χ0v) is 27.8. The number of nitro groups is 5. The molecule has 1 fully saturated rings. The zero-order chi connectivity index (χ0) is 36.9. The molecular formula is C33H43N5O10. The average Bonchev–Trinajstić information content (AvgIpc) is 3.01. The third-order valence-corrected chi connectivity index (χ3v) is 5.75. The Morgan fingerprint density at radius 3 is 1.46 bits per heavy atom. The Morgan fingerprint density at radius 1 is 0.625 bits per heavy atom. The van der Waals surface area contributed by atoms with E-state index in [2.05, 4.69) is 0 Å². The lowest BCUT2D eigenvalue weighted by Crippen LogP contribution is -1.96. The van der Waals surface area contributed by atoms with Crippen LogP contribution in [0.2, 0.25) is 0 Å². The highest BCUT2D eigenvalue weighted by Gasteiger charge is 2.07. The molecule has 0 unspecified atom stereocenters. The van der Waals surface area contributed by atoms with Crippen molar-refractivity contribution >= 4 is 11.6 Å². The van der Waals surface area contributed by atoms with Gasteiger partial charge in [-0.2, -0.15) is 0 Å². The first-order valence-electron chi connectivity index (χ1n) is 14.7. The smallest absolute Gasteiger partial charge is 0.237 e. The third-order valence-electron chi connectivity index (χ3n) is 5.75. The summed E-state index contributed by atoms with van der Waals surface area (Å²) < 4.78 is 0. The van der Waals surface area contributed by atoms with Crippen molar-refractivity contribution in [1.29, 1.82) is 0 Å². The second kappa shape index (κ2) is 27.5. The topological polar surface area (TPSA) is 216 Å². The molecule has 2 aromatic carbocycles. The summed E-state index contributed by atoms with van der Waals surface area (Å²) in [6, 6.07) is 18.4. The van der Waals surface area contributed by atoms with E-state index in [9.17, 15) is 50.6 Å². The summed E-state index contributed by atoms with van der Waals surface area (Å²) in [5.41, 5.74) is 4.91. The van der Waals surface area contributed by atoms with Crippen LogP contribution in [0, 0.1) is 50.6 Å². The van der Waals surface area contributed by atoms with Crippen LogP contribution >= 0.6 is 0 Å². The van der Waals surface area contributed by atoms with E-state index in [-0.39, 0.29) is 4.92 Å². The lowest BCUT2D eigenvalue weighted by molar-refractivity contribution is -0.403. The van der Waals surface area contributed by atoms with Crippen LogP contribution < -0.4 is 0 Å². The minimum Gasteiger partial charge on any atom is -0.259 e. The van der Waals surface area contributed by atoms with E-state index in [0.29, 0.717) is 11.1 Å². The first kappa shape index (κ1) is 44.3. The van der Waals surface area contributed by atoms with E-state index in [1.807, 2.05) is 55.5 Å². The number of hydrogen-bond donors (Lipinski definition) is 0. The second-order valence-corrected chi connectivity index (χ2v) is 10.2. The van der Waals surface area contributed by atoms with E-state index in [1.54, 1.807) is 39.8 Å². The van der Waals surface area contributed by atoms with Crippen LogP contribution in [0.1, 0.15) is 84.3 Å². The molecule has 260 valence electrons. The minimum atomic E-state index is -0.479. The van der Waals surface area contributed by atoms with E-state index < -0.39 is 19.7 Å². The highest BCUT2D eigenvalue weighted by molar-refractivity contribution is 5.62. The van der Waals surface area contributed by atoms with Gasteiger partial charge in [0.15, 0.2) is 0 Å². The fourth-order valence-corrected chi connectivity index (χ4v) is 3.41. The van der Waals surface area contributed by atoms with Crippen LogP contribution in [-0.4, -0.2) is 24.6 Å². The third kappa shape index (κ3) is 30.2. The molecule has 1 saturated carbocycles. The predicted octanol–water partition coefficient (Wildman–Crippen LogP) is 9.13. The monoisotopic (exact) mass is 669 g/mol.